The average molecular weight is 1010 g/mol. The van der Waals surface area contributed by atoms with Crippen LogP contribution in [0, 0.1) is 12.8 Å². The number of nitrogens with zero attached hydrogens (tertiary/aromatic N) is 5. The summed E-state index contributed by atoms with van der Waals surface area (Å²) in [5, 5.41) is 27.8. The minimum Gasteiger partial charge on any atom is -0.508 e. The molecule has 2 unspecified atom stereocenters. The number of hydrogen-bond donors (Lipinski definition) is 3. The number of aliphatic hydroxyl groups is 1. The Bertz CT molecular complexity index is 2900. The summed E-state index contributed by atoms with van der Waals surface area (Å²) in [6.45, 7) is 11.3. The van der Waals surface area contributed by atoms with Gasteiger partial charge in [-0.2, -0.15) is 0 Å². The number of β-amino-alcohol motifs (C(OH)–C–C–N with tert-alkyl or cyclic N) is 1. The Balaban J connectivity index is 0.767. The highest BCUT2D eigenvalue weighted by atomic mass is 32.1. The quantitative estimate of drug-likeness (QED) is 0.0435. The van der Waals surface area contributed by atoms with Crippen LogP contribution in [0.15, 0.2) is 124 Å². The number of nitrogens with one attached hydrogen (secondary N) is 1. The molecule has 0 bridgehead atoms. The van der Waals surface area contributed by atoms with Crippen molar-refractivity contribution in [3.05, 3.63) is 148 Å². The second kappa shape index (κ2) is 23.6. The van der Waals surface area contributed by atoms with Gasteiger partial charge in [-0.1, -0.05) is 99.6 Å². The number of amides is 3. The summed E-state index contributed by atoms with van der Waals surface area (Å²) < 4.78 is 23.3. The number of thiazole rings is 1. The fourth-order valence-corrected chi connectivity index (χ4v) is 10.2. The monoisotopic (exact) mass is 1010 g/mol. The topological polar surface area (TPSA) is 189 Å². The van der Waals surface area contributed by atoms with Crippen molar-refractivity contribution in [1.82, 2.24) is 25.3 Å². The van der Waals surface area contributed by atoms with E-state index in [0.717, 1.165) is 44.8 Å². The zero-order valence-electron chi connectivity index (χ0n) is 42.2. The maximum atomic E-state index is 14.4. The summed E-state index contributed by atoms with van der Waals surface area (Å²) in [4.78, 5) is 54.3. The van der Waals surface area contributed by atoms with E-state index in [1.165, 1.54) is 5.57 Å². The number of carbonyl (C=O) groups is 3. The van der Waals surface area contributed by atoms with E-state index in [0.29, 0.717) is 55.5 Å². The number of rotatable bonds is 22. The van der Waals surface area contributed by atoms with Crippen molar-refractivity contribution >= 4 is 46.0 Å². The van der Waals surface area contributed by atoms with Crippen molar-refractivity contribution in [2.45, 2.75) is 83.9 Å². The van der Waals surface area contributed by atoms with E-state index in [9.17, 15) is 24.6 Å². The molecule has 15 nitrogen and oxygen atoms in total. The third-order valence-electron chi connectivity index (χ3n) is 13.5. The van der Waals surface area contributed by atoms with Gasteiger partial charge in [0.25, 0.3) is 11.8 Å². The third-order valence-corrected chi connectivity index (χ3v) is 14.4. The zero-order chi connectivity index (χ0) is 51.6. The molecule has 0 saturated carbocycles. The Morgan fingerprint density at radius 3 is 2.32 bits per heavy atom. The normalized spacial score (nSPS) is 18.3. The lowest BCUT2D eigenvalue weighted by Crippen LogP contribution is -2.48. The van der Waals surface area contributed by atoms with Crippen LogP contribution in [0.5, 0.6) is 17.4 Å². The highest BCUT2D eigenvalue weighted by molar-refractivity contribution is 7.13. The Kier molecular flexibility index (Phi) is 16.9. The first-order valence-electron chi connectivity index (χ1n) is 24.9. The smallest absolute Gasteiger partial charge is 0.257 e. The van der Waals surface area contributed by atoms with Crippen LogP contribution in [0.2, 0.25) is 0 Å². The van der Waals surface area contributed by atoms with Gasteiger partial charge >= 0.3 is 0 Å². The molecular formula is C57H64N6O9S. The lowest BCUT2D eigenvalue weighted by molar-refractivity contribution is -0.134. The van der Waals surface area contributed by atoms with Gasteiger partial charge in [0.05, 0.1) is 41.4 Å². The van der Waals surface area contributed by atoms with Crippen LogP contribution < -0.4 is 14.8 Å². The van der Waals surface area contributed by atoms with Gasteiger partial charge in [0.2, 0.25) is 11.8 Å². The Morgan fingerprint density at radius 2 is 1.64 bits per heavy atom. The summed E-state index contributed by atoms with van der Waals surface area (Å²) in [6, 6.07) is 34.2. The van der Waals surface area contributed by atoms with Crippen LogP contribution >= 0.6 is 11.3 Å². The number of aromatic nitrogens is 2. The van der Waals surface area contributed by atoms with Gasteiger partial charge in [0, 0.05) is 39.1 Å². The van der Waals surface area contributed by atoms with E-state index in [4.69, 9.17) is 23.7 Å². The van der Waals surface area contributed by atoms with Crippen molar-refractivity contribution in [3.8, 4) is 27.8 Å². The fourth-order valence-electron chi connectivity index (χ4n) is 9.43. The second-order valence-electron chi connectivity index (χ2n) is 18.9. The molecule has 6 aromatic rings. The van der Waals surface area contributed by atoms with Crippen LogP contribution in [-0.2, 0) is 24.7 Å². The molecule has 8 rings (SSSR count). The number of phenolic OH excluding ortho intramolecular Hbond substituents is 1. The van der Waals surface area contributed by atoms with Crippen LogP contribution in [0.4, 0.5) is 0 Å². The number of likely N-dealkylation sites (N-methyl/N-ethyl adjacent to an activating group) is 1. The highest BCUT2D eigenvalue weighted by Crippen LogP contribution is 2.38. The van der Waals surface area contributed by atoms with E-state index in [-0.39, 0.29) is 61.4 Å². The number of aliphatic imine (C=N–C) groups is 1. The van der Waals surface area contributed by atoms with Crippen molar-refractivity contribution in [3.63, 3.8) is 0 Å². The molecule has 16 heteroatoms. The lowest BCUT2D eigenvalue weighted by Gasteiger charge is -2.29. The number of aromatic hydroxyl groups is 1. The summed E-state index contributed by atoms with van der Waals surface area (Å²) in [7, 11) is 1.76. The molecule has 1 fully saturated rings. The van der Waals surface area contributed by atoms with Crippen LogP contribution in [0.3, 0.4) is 0 Å². The SMILES string of the molecule is CC/C(=C(\c1ccc(O)cc1)c1ccc(OCCN(C)C(=O)CCCOCCOc2cc(C(C(=O)N3C[C@H](O)C[C@@H]3C3=NC(C)(c4ccc(-c5scnc5C)cc4)C(=O)N3)C(C)C)on2)cc1)c1ccccc1. The number of ether oxygens (including phenoxy) is 3. The number of aliphatic hydroxyl groups excluding tert-OH is 1. The number of phenols is 1. The number of hydrogen-bond acceptors (Lipinski definition) is 13. The van der Waals surface area contributed by atoms with Crippen molar-refractivity contribution < 1.29 is 43.3 Å². The van der Waals surface area contributed by atoms with Crippen molar-refractivity contribution in [2.24, 2.45) is 10.9 Å². The maximum Gasteiger partial charge on any atom is 0.257 e. The van der Waals surface area contributed by atoms with E-state index in [1.54, 1.807) is 58.8 Å². The number of benzene rings is 4. The Morgan fingerprint density at radius 1 is 0.932 bits per heavy atom. The summed E-state index contributed by atoms with van der Waals surface area (Å²) in [5.41, 5.74) is 8.71. The summed E-state index contributed by atoms with van der Waals surface area (Å²) in [6.07, 6.45) is 1.07. The molecular weight excluding hydrogens is 945 g/mol. The first-order valence-corrected chi connectivity index (χ1v) is 25.7. The molecule has 4 atom stereocenters. The van der Waals surface area contributed by atoms with Gasteiger partial charge in [0.15, 0.2) is 11.3 Å². The number of allylic oxidation sites excluding steroid dienone is 1. The van der Waals surface area contributed by atoms with E-state index in [2.05, 4.69) is 34.5 Å². The Labute approximate surface area is 430 Å². The predicted octanol–water partition coefficient (Wildman–Crippen LogP) is 9.04. The van der Waals surface area contributed by atoms with Crippen LogP contribution in [-0.4, -0.2) is 112 Å². The van der Waals surface area contributed by atoms with Gasteiger partial charge in [-0.25, -0.2) is 9.98 Å². The lowest BCUT2D eigenvalue weighted by atomic mass is 9.88. The van der Waals surface area contributed by atoms with Crippen LogP contribution in [0.25, 0.3) is 21.6 Å². The van der Waals surface area contributed by atoms with E-state index < -0.39 is 23.6 Å². The molecule has 4 aromatic carbocycles. The molecule has 0 spiro atoms. The first kappa shape index (κ1) is 52.2. The molecule has 3 N–H and O–H groups in total. The number of aryl methyl sites for hydroxylation is 1. The highest BCUT2D eigenvalue weighted by Gasteiger charge is 2.48. The second-order valence-corrected chi connectivity index (χ2v) is 19.8. The largest absolute Gasteiger partial charge is 0.508 e. The molecule has 382 valence electrons. The van der Waals surface area contributed by atoms with E-state index in [1.807, 2.05) is 99.6 Å². The molecule has 0 aliphatic carbocycles. The minimum atomic E-state index is -1.22. The van der Waals surface area contributed by atoms with Crippen molar-refractivity contribution in [1.29, 1.82) is 0 Å². The Hall–Kier alpha value is -7.14. The molecule has 2 aliphatic rings. The third kappa shape index (κ3) is 12.2. The maximum absolute atomic E-state index is 14.4. The average Bonchev–Trinajstić information content (AvgIpc) is 4.20. The fraction of sp³-hybridized carbons (Fsp3) is 0.368. The number of carbonyl (C=O) groups excluding carboxylic acids is 3. The zero-order valence-corrected chi connectivity index (χ0v) is 43.1. The summed E-state index contributed by atoms with van der Waals surface area (Å²) in [5.74, 6) is 0.220. The molecule has 3 amide bonds. The molecule has 2 aliphatic heterocycles. The van der Waals surface area contributed by atoms with Gasteiger partial charge < -0.3 is 44.1 Å². The first-order chi connectivity index (χ1) is 35.2. The van der Waals surface area contributed by atoms with Gasteiger partial charge in [-0.05, 0) is 101 Å². The number of likely N-dealkylation sites (tertiary alicyclic amines) is 1. The van der Waals surface area contributed by atoms with Crippen molar-refractivity contribution in [2.75, 3.05) is 46.6 Å². The summed E-state index contributed by atoms with van der Waals surface area (Å²) >= 11 is 1.56. The van der Waals surface area contributed by atoms with Gasteiger partial charge in [-0.15, -0.1) is 11.3 Å². The number of amidine groups is 1. The van der Waals surface area contributed by atoms with Gasteiger partial charge in [-0.3, -0.25) is 14.4 Å². The van der Waals surface area contributed by atoms with E-state index >= 15 is 0 Å². The molecule has 73 heavy (non-hydrogen) atoms. The van der Waals surface area contributed by atoms with Gasteiger partial charge in [0.1, 0.15) is 36.5 Å². The molecule has 4 heterocycles. The predicted molar refractivity (Wildman–Crippen MR) is 281 cm³/mol. The standard InChI is InChI=1S/C57H64N6O9S/c1-7-46(38-12-9-8-10-13-38)52(39-17-23-43(64)24-18-39)40-19-25-45(26-20-40)70-29-27-62(6)50(66)14-11-28-69-30-31-71-49-33-48(72-61-49)51(36(2)3)55(67)63-34-44(65)32-47(63)54-59-56(68)57(5,60-54)42-21-15-41(16-22-42)53-37(4)58-35-73-53/h8-10,12-13,15-26,33,35-36,44,47,51,64-65H,7,11,14,27-32,34H2,1-6H3,(H,59,60,68)/b52-46-/t44-,47-,51?,57?/m1/s1. The molecule has 1 saturated heterocycles. The minimum absolute atomic E-state index is 0.0155. The van der Waals surface area contributed by atoms with Crippen LogP contribution in [0.1, 0.15) is 93.0 Å². The molecule has 0 radical (unpaired) electrons. The molecule has 2 aromatic heterocycles.